The van der Waals surface area contributed by atoms with Crippen LogP contribution in [0.4, 0.5) is 0 Å². The molecule has 0 aliphatic heterocycles. The first-order valence-electron chi connectivity index (χ1n) is 26.7. The lowest BCUT2D eigenvalue weighted by Crippen LogP contribution is -2.45. The largest absolute Gasteiger partial charge is 0.466 e. The van der Waals surface area contributed by atoms with E-state index in [-0.39, 0.29) is 18.5 Å². The predicted molar refractivity (Wildman–Crippen MR) is 264 cm³/mol. The average Bonchev–Trinajstić information content (AvgIpc) is 3.26. The summed E-state index contributed by atoms with van der Waals surface area (Å²) in [5, 5.41) is 23.2. The molecule has 61 heavy (non-hydrogen) atoms. The zero-order valence-electron chi connectivity index (χ0n) is 40.6. The Balaban J connectivity index is 3.54. The van der Waals surface area contributed by atoms with Crippen LogP contribution in [0.5, 0.6) is 0 Å². The van der Waals surface area contributed by atoms with Crippen LogP contribution in [0.1, 0.15) is 277 Å². The van der Waals surface area contributed by atoms with Crippen molar-refractivity contribution >= 4 is 11.9 Å². The van der Waals surface area contributed by atoms with Crippen LogP contribution >= 0.6 is 0 Å². The molecule has 1 amide bonds. The Bertz CT molecular complexity index is 993. The molecular formula is C55H103NO5. The topological polar surface area (TPSA) is 95.9 Å². The van der Waals surface area contributed by atoms with E-state index >= 15 is 0 Å². The SMILES string of the molecule is CCCCC/C=C\C/C=C\CCCCCCCCCC(=O)OCCCCCC/C=C\CCCC(=O)NC(CO)C(O)CCCCCCCCCCCCCCCCCCCC. The molecule has 6 heteroatoms. The number of esters is 1. The van der Waals surface area contributed by atoms with E-state index in [1.807, 2.05) is 0 Å². The summed E-state index contributed by atoms with van der Waals surface area (Å²) in [5.41, 5.74) is 0. The molecule has 0 radical (unpaired) electrons. The van der Waals surface area contributed by atoms with Crippen molar-refractivity contribution in [1.82, 2.24) is 5.32 Å². The fourth-order valence-corrected chi connectivity index (χ4v) is 8.03. The summed E-state index contributed by atoms with van der Waals surface area (Å²) in [7, 11) is 0. The highest BCUT2D eigenvalue weighted by Gasteiger charge is 2.20. The minimum atomic E-state index is -0.696. The molecule has 2 atom stereocenters. The van der Waals surface area contributed by atoms with Crippen LogP contribution in [0, 0.1) is 0 Å². The Morgan fingerprint density at radius 3 is 1.33 bits per heavy atom. The van der Waals surface area contributed by atoms with Gasteiger partial charge >= 0.3 is 5.97 Å². The predicted octanol–water partition coefficient (Wildman–Crippen LogP) is 16.1. The van der Waals surface area contributed by atoms with E-state index in [4.69, 9.17) is 4.74 Å². The number of unbranched alkanes of at least 4 members (excludes halogenated alkanes) is 32. The number of carbonyl (C=O) groups excluding carboxylic acids is 2. The van der Waals surface area contributed by atoms with E-state index in [0.717, 1.165) is 77.0 Å². The smallest absolute Gasteiger partial charge is 0.305 e. The Morgan fingerprint density at radius 2 is 0.836 bits per heavy atom. The number of aliphatic hydroxyl groups is 2. The molecule has 0 fully saturated rings. The number of carbonyl (C=O) groups is 2. The first-order chi connectivity index (χ1) is 30.0. The van der Waals surface area contributed by atoms with Crippen molar-refractivity contribution in [3.8, 4) is 0 Å². The quantitative estimate of drug-likeness (QED) is 0.0322. The second-order valence-electron chi connectivity index (χ2n) is 18.2. The average molecular weight is 858 g/mol. The van der Waals surface area contributed by atoms with Gasteiger partial charge in [-0.1, -0.05) is 224 Å². The highest BCUT2D eigenvalue weighted by atomic mass is 16.5. The molecule has 0 saturated carbocycles. The van der Waals surface area contributed by atoms with Gasteiger partial charge in [-0.3, -0.25) is 9.59 Å². The summed E-state index contributed by atoms with van der Waals surface area (Å²) in [6, 6.07) is -0.580. The van der Waals surface area contributed by atoms with Crippen molar-refractivity contribution in [2.24, 2.45) is 0 Å². The van der Waals surface area contributed by atoms with Crippen LogP contribution in [-0.2, 0) is 14.3 Å². The summed E-state index contributed by atoms with van der Waals surface area (Å²) in [4.78, 5) is 24.5. The number of aliphatic hydroxyl groups excluding tert-OH is 2. The molecule has 2 unspecified atom stereocenters. The van der Waals surface area contributed by atoms with E-state index in [9.17, 15) is 19.8 Å². The maximum absolute atomic E-state index is 12.4. The second kappa shape index (κ2) is 50.7. The lowest BCUT2D eigenvalue weighted by molar-refractivity contribution is -0.143. The minimum absolute atomic E-state index is 0.0434. The van der Waals surface area contributed by atoms with Crippen LogP contribution in [0.2, 0.25) is 0 Å². The third kappa shape index (κ3) is 47.4. The van der Waals surface area contributed by atoms with Gasteiger partial charge in [0.15, 0.2) is 0 Å². The maximum atomic E-state index is 12.4. The fourth-order valence-electron chi connectivity index (χ4n) is 8.03. The number of amides is 1. The Labute approximate surface area is 379 Å². The summed E-state index contributed by atoms with van der Waals surface area (Å²) in [6.45, 7) is 4.84. The summed E-state index contributed by atoms with van der Waals surface area (Å²) < 4.78 is 5.44. The van der Waals surface area contributed by atoms with Crippen LogP contribution in [-0.4, -0.2) is 47.4 Å². The molecule has 0 aromatic rings. The van der Waals surface area contributed by atoms with Gasteiger partial charge in [-0.05, 0) is 77.0 Å². The highest BCUT2D eigenvalue weighted by molar-refractivity contribution is 5.76. The van der Waals surface area contributed by atoms with Crippen molar-refractivity contribution in [2.45, 2.75) is 289 Å². The summed E-state index contributed by atoms with van der Waals surface area (Å²) in [5.74, 6) is -0.139. The number of rotatable bonds is 49. The van der Waals surface area contributed by atoms with Gasteiger partial charge in [0.05, 0.1) is 25.4 Å². The standard InChI is InChI=1S/C55H103NO5/c1-3-5-7-9-11-13-15-17-19-21-23-24-26-28-31-35-39-43-47-53(58)52(51-57)56-54(59)48-44-40-36-32-30-34-38-42-46-50-61-55(60)49-45-41-37-33-29-27-25-22-20-18-16-14-12-10-8-6-4-2/h12,14,18,20,32,36,52-53,57-58H,3-11,13,15-17,19,21-31,33-35,37-51H2,1-2H3,(H,56,59)/b14-12-,20-18-,36-32-. The van der Waals surface area contributed by atoms with Crippen LogP contribution in [0.15, 0.2) is 36.5 Å². The van der Waals surface area contributed by atoms with Gasteiger partial charge in [-0.2, -0.15) is 0 Å². The number of allylic oxidation sites excluding steroid dienone is 6. The molecule has 0 heterocycles. The number of hydrogen-bond acceptors (Lipinski definition) is 5. The molecule has 0 aliphatic rings. The molecule has 0 aromatic carbocycles. The van der Waals surface area contributed by atoms with E-state index < -0.39 is 12.1 Å². The van der Waals surface area contributed by atoms with Gasteiger partial charge in [0.25, 0.3) is 0 Å². The van der Waals surface area contributed by atoms with Gasteiger partial charge in [-0.15, -0.1) is 0 Å². The van der Waals surface area contributed by atoms with Gasteiger partial charge in [-0.25, -0.2) is 0 Å². The van der Waals surface area contributed by atoms with Crippen molar-refractivity contribution in [3.63, 3.8) is 0 Å². The lowest BCUT2D eigenvalue weighted by Gasteiger charge is -2.22. The molecule has 0 aliphatic carbocycles. The molecule has 0 saturated heterocycles. The zero-order valence-corrected chi connectivity index (χ0v) is 40.6. The van der Waals surface area contributed by atoms with Gasteiger partial charge in [0.1, 0.15) is 0 Å². The number of ether oxygens (including phenoxy) is 1. The molecule has 358 valence electrons. The third-order valence-electron chi connectivity index (χ3n) is 12.2. The van der Waals surface area contributed by atoms with Crippen LogP contribution in [0.3, 0.4) is 0 Å². The zero-order chi connectivity index (χ0) is 44.4. The monoisotopic (exact) mass is 858 g/mol. The van der Waals surface area contributed by atoms with Crippen molar-refractivity contribution in [3.05, 3.63) is 36.5 Å². The van der Waals surface area contributed by atoms with E-state index in [1.165, 1.54) is 167 Å². The van der Waals surface area contributed by atoms with Gasteiger partial charge < -0.3 is 20.3 Å². The molecular weight excluding hydrogens is 755 g/mol. The summed E-state index contributed by atoms with van der Waals surface area (Å²) in [6.07, 6.45) is 61.2. The van der Waals surface area contributed by atoms with E-state index in [2.05, 4.69) is 55.6 Å². The molecule has 6 nitrogen and oxygen atoms in total. The van der Waals surface area contributed by atoms with Crippen LogP contribution < -0.4 is 5.32 Å². The minimum Gasteiger partial charge on any atom is -0.466 e. The van der Waals surface area contributed by atoms with Gasteiger partial charge in [0.2, 0.25) is 5.91 Å². The van der Waals surface area contributed by atoms with E-state index in [0.29, 0.717) is 25.9 Å². The Morgan fingerprint density at radius 1 is 0.459 bits per heavy atom. The fraction of sp³-hybridized carbons (Fsp3) is 0.855. The highest BCUT2D eigenvalue weighted by Crippen LogP contribution is 2.16. The summed E-state index contributed by atoms with van der Waals surface area (Å²) >= 11 is 0. The first-order valence-corrected chi connectivity index (χ1v) is 26.7. The molecule has 0 aromatic heterocycles. The molecule has 0 rings (SSSR count). The van der Waals surface area contributed by atoms with Crippen molar-refractivity contribution < 1.29 is 24.5 Å². The van der Waals surface area contributed by atoms with Crippen molar-refractivity contribution in [2.75, 3.05) is 13.2 Å². The third-order valence-corrected chi connectivity index (χ3v) is 12.2. The molecule has 0 spiro atoms. The van der Waals surface area contributed by atoms with E-state index in [1.54, 1.807) is 0 Å². The molecule has 0 bridgehead atoms. The maximum Gasteiger partial charge on any atom is 0.305 e. The van der Waals surface area contributed by atoms with Crippen molar-refractivity contribution in [1.29, 1.82) is 0 Å². The van der Waals surface area contributed by atoms with Gasteiger partial charge in [0, 0.05) is 12.8 Å². The Kier molecular flexibility index (Phi) is 49.1. The second-order valence-corrected chi connectivity index (χ2v) is 18.2. The first kappa shape index (κ1) is 59.1. The van der Waals surface area contributed by atoms with Crippen LogP contribution in [0.25, 0.3) is 0 Å². The normalized spacial score (nSPS) is 12.9. The number of nitrogens with one attached hydrogen (secondary N) is 1. The molecule has 3 N–H and O–H groups in total. The lowest BCUT2D eigenvalue weighted by atomic mass is 10.0. The number of hydrogen-bond donors (Lipinski definition) is 3. The Hall–Kier alpha value is -1.92.